The number of para-hydroxylation sites is 2. The number of aromatic nitrogens is 1. The quantitative estimate of drug-likeness (QED) is 0.513. The van der Waals surface area contributed by atoms with Crippen molar-refractivity contribution in [2.75, 3.05) is 7.11 Å². The van der Waals surface area contributed by atoms with Gasteiger partial charge in [-0.25, -0.2) is 4.79 Å². The van der Waals surface area contributed by atoms with E-state index >= 15 is 0 Å². The van der Waals surface area contributed by atoms with Crippen molar-refractivity contribution >= 4 is 27.8 Å². The van der Waals surface area contributed by atoms with Crippen molar-refractivity contribution in [3.8, 4) is 0 Å². The number of fused-ring (bicyclic) bond motifs is 3. The molecule has 0 spiro atoms. The Morgan fingerprint density at radius 2 is 1.22 bits per heavy atom. The third-order valence-electron chi connectivity index (χ3n) is 3.61. The molecule has 4 rings (SSSR count). The molecule has 0 bridgehead atoms. The lowest BCUT2D eigenvalue weighted by Crippen LogP contribution is -1.99. The number of esters is 1. The highest BCUT2D eigenvalue weighted by Crippen LogP contribution is 2.24. The maximum Gasteiger partial charge on any atom is 0.337 e. The lowest BCUT2D eigenvalue weighted by molar-refractivity contribution is 0.0600. The zero-order valence-electron chi connectivity index (χ0n) is 12.8. The second-order valence-electron chi connectivity index (χ2n) is 5.07. The van der Waals surface area contributed by atoms with Gasteiger partial charge >= 0.3 is 5.97 Å². The van der Waals surface area contributed by atoms with Gasteiger partial charge in [0.15, 0.2) is 0 Å². The number of aromatic amines is 1. The lowest BCUT2D eigenvalue weighted by Gasteiger charge is -1.95. The van der Waals surface area contributed by atoms with Crippen LogP contribution < -0.4 is 0 Å². The second-order valence-corrected chi connectivity index (χ2v) is 5.07. The molecule has 1 N–H and O–H groups in total. The predicted octanol–water partition coefficient (Wildman–Crippen LogP) is 4.79. The predicted molar refractivity (Wildman–Crippen MR) is 93.6 cm³/mol. The fourth-order valence-corrected chi connectivity index (χ4v) is 2.49. The molecule has 1 heterocycles. The van der Waals surface area contributed by atoms with E-state index in [0.717, 1.165) is 0 Å². The van der Waals surface area contributed by atoms with E-state index in [-0.39, 0.29) is 5.97 Å². The minimum atomic E-state index is -0.291. The van der Waals surface area contributed by atoms with E-state index in [1.165, 1.54) is 28.9 Å². The Balaban J connectivity index is 0.000000142. The van der Waals surface area contributed by atoms with Crippen LogP contribution in [0.4, 0.5) is 0 Å². The highest BCUT2D eigenvalue weighted by Gasteiger charge is 2.01. The fraction of sp³-hybridized carbons (Fsp3) is 0.0500. The largest absolute Gasteiger partial charge is 0.465 e. The summed E-state index contributed by atoms with van der Waals surface area (Å²) < 4.78 is 4.50. The summed E-state index contributed by atoms with van der Waals surface area (Å²) in [4.78, 5) is 14.2. The fourth-order valence-electron chi connectivity index (χ4n) is 2.49. The minimum absolute atomic E-state index is 0.291. The number of hydrogen-bond acceptors (Lipinski definition) is 2. The first kappa shape index (κ1) is 14.9. The van der Waals surface area contributed by atoms with Gasteiger partial charge in [-0.2, -0.15) is 0 Å². The smallest absolute Gasteiger partial charge is 0.337 e. The monoisotopic (exact) mass is 303 g/mol. The maximum absolute atomic E-state index is 10.8. The van der Waals surface area contributed by atoms with E-state index in [1.807, 2.05) is 6.07 Å². The van der Waals surface area contributed by atoms with Crippen molar-refractivity contribution in [1.29, 1.82) is 0 Å². The standard InChI is InChI=1S/C12H9N.C8H8O2/c1-3-7-11-9(5-1)10-6-2-4-8-12(10)13-11;1-10-8(9)7-5-3-2-4-6-7/h1-8,13H;2-6H,1H3. The molecule has 3 heteroatoms. The van der Waals surface area contributed by atoms with Crippen LogP contribution in [0.2, 0.25) is 0 Å². The third kappa shape index (κ3) is 3.24. The molecule has 0 aliphatic carbocycles. The Hall–Kier alpha value is -3.07. The van der Waals surface area contributed by atoms with Gasteiger partial charge in [-0.15, -0.1) is 0 Å². The number of carbonyl (C=O) groups excluding carboxylic acids is 1. The summed E-state index contributed by atoms with van der Waals surface area (Å²) in [5.41, 5.74) is 3.01. The first-order valence-corrected chi connectivity index (χ1v) is 7.38. The van der Waals surface area contributed by atoms with Gasteiger partial charge in [0, 0.05) is 21.8 Å². The number of H-pyrrole nitrogens is 1. The van der Waals surface area contributed by atoms with Crippen LogP contribution in [0.1, 0.15) is 10.4 Å². The molecule has 0 unspecified atom stereocenters. The molecule has 1 aromatic heterocycles. The first-order chi connectivity index (χ1) is 11.3. The molecular weight excluding hydrogens is 286 g/mol. The van der Waals surface area contributed by atoms with E-state index in [1.54, 1.807) is 24.3 Å². The Morgan fingerprint density at radius 1 is 0.739 bits per heavy atom. The molecule has 0 saturated heterocycles. The number of benzene rings is 3. The summed E-state index contributed by atoms with van der Waals surface area (Å²) >= 11 is 0. The summed E-state index contributed by atoms with van der Waals surface area (Å²) in [6.07, 6.45) is 0. The van der Waals surface area contributed by atoms with Crippen LogP contribution in [0.15, 0.2) is 78.9 Å². The number of rotatable bonds is 1. The summed E-state index contributed by atoms with van der Waals surface area (Å²) in [6, 6.07) is 25.6. The van der Waals surface area contributed by atoms with Gasteiger partial charge in [-0.3, -0.25) is 0 Å². The van der Waals surface area contributed by atoms with E-state index in [0.29, 0.717) is 5.56 Å². The highest BCUT2D eigenvalue weighted by atomic mass is 16.5. The molecule has 23 heavy (non-hydrogen) atoms. The van der Waals surface area contributed by atoms with E-state index in [2.05, 4.69) is 58.3 Å². The Morgan fingerprint density at radius 3 is 1.74 bits per heavy atom. The zero-order valence-corrected chi connectivity index (χ0v) is 12.8. The Labute approximate surface area is 134 Å². The molecule has 0 saturated carbocycles. The number of hydrogen-bond donors (Lipinski definition) is 1. The molecule has 4 aromatic rings. The van der Waals surface area contributed by atoms with E-state index in [9.17, 15) is 4.79 Å². The average molecular weight is 303 g/mol. The van der Waals surface area contributed by atoms with Crippen LogP contribution in [0.25, 0.3) is 21.8 Å². The molecule has 0 fully saturated rings. The molecule has 0 amide bonds. The summed E-state index contributed by atoms with van der Waals surface area (Å²) in [5.74, 6) is -0.291. The zero-order chi connectivity index (χ0) is 16.1. The van der Waals surface area contributed by atoms with Gasteiger partial charge in [0.25, 0.3) is 0 Å². The number of nitrogens with one attached hydrogen (secondary N) is 1. The van der Waals surface area contributed by atoms with Crippen LogP contribution in [0, 0.1) is 0 Å². The van der Waals surface area contributed by atoms with Gasteiger partial charge in [0.05, 0.1) is 12.7 Å². The van der Waals surface area contributed by atoms with Crippen LogP contribution >= 0.6 is 0 Å². The average Bonchev–Trinajstić information content (AvgIpc) is 3.01. The Kier molecular flexibility index (Phi) is 4.39. The van der Waals surface area contributed by atoms with Crippen molar-refractivity contribution in [2.24, 2.45) is 0 Å². The molecule has 3 nitrogen and oxygen atoms in total. The third-order valence-corrected chi connectivity index (χ3v) is 3.61. The van der Waals surface area contributed by atoms with E-state index < -0.39 is 0 Å². The molecular formula is C20H17NO2. The van der Waals surface area contributed by atoms with Gasteiger partial charge in [-0.1, -0.05) is 54.6 Å². The van der Waals surface area contributed by atoms with Crippen molar-refractivity contribution in [3.05, 3.63) is 84.4 Å². The van der Waals surface area contributed by atoms with Crippen LogP contribution in [0.5, 0.6) is 0 Å². The van der Waals surface area contributed by atoms with Crippen molar-refractivity contribution in [2.45, 2.75) is 0 Å². The molecule has 0 aliphatic heterocycles. The van der Waals surface area contributed by atoms with Crippen LogP contribution in [0.3, 0.4) is 0 Å². The molecule has 0 atom stereocenters. The van der Waals surface area contributed by atoms with Crippen molar-refractivity contribution < 1.29 is 9.53 Å². The van der Waals surface area contributed by atoms with Gasteiger partial charge in [0.1, 0.15) is 0 Å². The normalized spacial score (nSPS) is 10.1. The van der Waals surface area contributed by atoms with Gasteiger partial charge in [0.2, 0.25) is 0 Å². The second kappa shape index (κ2) is 6.79. The molecule has 0 aliphatic rings. The van der Waals surface area contributed by atoms with E-state index in [4.69, 9.17) is 0 Å². The maximum atomic E-state index is 10.8. The minimum Gasteiger partial charge on any atom is -0.465 e. The summed E-state index contributed by atoms with van der Waals surface area (Å²) in [6.45, 7) is 0. The molecule has 0 radical (unpaired) electrons. The number of carbonyl (C=O) groups is 1. The first-order valence-electron chi connectivity index (χ1n) is 7.38. The SMILES string of the molecule is COC(=O)c1ccccc1.c1ccc2c(c1)[nH]c1ccccc12. The van der Waals surface area contributed by atoms with Crippen LogP contribution in [-0.2, 0) is 4.74 Å². The number of ether oxygens (including phenoxy) is 1. The topological polar surface area (TPSA) is 42.1 Å². The molecule has 114 valence electrons. The van der Waals surface area contributed by atoms with Gasteiger partial charge in [-0.05, 0) is 24.3 Å². The summed E-state index contributed by atoms with van der Waals surface area (Å²) in [5, 5.41) is 2.61. The lowest BCUT2D eigenvalue weighted by atomic mass is 10.2. The van der Waals surface area contributed by atoms with Crippen LogP contribution in [-0.4, -0.2) is 18.1 Å². The molecule has 3 aromatic carbocycles. The highest BCUT2D eigenvalue weighted by molar-refractivity contribution is 6.06. The van der Waals surface area contributed by atoms with Gasteiger partial charge < -0.3 is 9.72 Å². The van der Waals surface area contributed by atoms with Crippen molar-refractivity contribution in [1.82, 2.24) is 4.98 Å². The summed E-state index contributed by atoms with van der Waals surface area (Å²) in [7, 11) is 1.37. The Bertz CT molecular complexity index is 876. The number of methoxy groups -OCH3 is 1. The van der Waals surface area contributed by atoms with Crippen molar-refractivity contribution in [3.63, 3.8) is 0 Å².